The van der Waals surface area contributed by atoms with Crippen LogP contribution in [0.3, 0.4) is 0 Å². The number of thiazole rings is 1. The predicted octanol–water partition coefficient (Wildman–Crippen LogP) is 2.12. The number of hydrogen-bond donors (Lipinski definition) is 2. The number of nitrogens with one attached hydrogen (secondary N) is 1. The van der Waals surface area contributed by atoms with Crippen LogP contribution in [0.2, 0.25) is 0 Å². The average Bonchev–Trinajstić information content (AvgIpc) is 2.81. The summed E-state index contributed by atoms with van der Waals surface area (Å²) in [7, 11) is 4.20. The zero-order chi connectivity index (χ0) is 13.7. The average molecular weight is 276 g/mol. The lowest BCUT2D eigenvalue weighted by Gasteiger charge is -2.25. The Morgan fingerprint density at radius 3 is 2.63 bits per heavy atom. The van der Waals surface area contributed by atoms with Gasteiger partial charge < -0.3 is 16.0 Å². The second kappa shape index (κ2) is 6.65. The fourth-order valence-corrected chi connectivity index (χ4v) is 2.66. The predicted molar refractivity (Wildman–Crippen MR) is 81.1 cm³/mol. The van der Waals surface area contributed by atoms with Crippen LogP contribution in [0.4, 0.5) is 5.13 Å². The Balaban J connectivity index is 1.91. The van der Waals surface area contributed by atoms with Crippen LogP contribution in [0.1, 0.15) is 16.5 Å². The molecule has 0 spiro atoms. The molecule has 0 saturated carbocycles. The van der Waals surface area contributed by atoms with Crippen molar-refractivity contribution >= 4 is 16.5 Å². The molecule has 0 bridgehead atoms. The number of likely N-dealkylation sites (N-methyl/N-ethyl adjacent to an activating group) is 1. The zero-order valence-electron chi connectivity index (χ0n) is 11.3. The number of benzene rings is 1. The minimum absolute atomic E-state index is 0.367. The van der Waals surface area contributed by atoms with Crippen molar-refractivity contribution in [2.24, 2.45) is 0 Å². The van der Waals surface area contributed by atoms with E-state index in [-0.39, 0.29) is 0 Å². The van der Waals surface area contributed by atoms with E-state index in [1.165, 1.54) is 21.8 Å². The molecule has 4 nitrogen and oxygen atoms in total. The maximum atomic E-state index is 5.62. The first-order valence-corrected chi connectivity index (χ1v) is 7.10. The van der Waals surface area contributed by atoms with Crippen LogP contribution in [-0.4, -0.2) is 30.5 Å². The van der Waals surface area contributed by atoms with Gasteiger partial charge in [-0.05, 0) is 19.7 Å². The van der Waals surface area contributed by atoms with Gasteiger partial charge in [-0.2, -0.15) is 0 Å². The second-order valence-corrected chi connectivity index (χ2v) is 5.83. The van der Waals surface area contributed by atoms with Crippen LogP contribution >= 0.6 is 11.3 Å². The van der Waals surface area contributed by atoms with Crippen molar-refractivity contribution < 1.29 is 0 Å². The molecule has 2 rings (SSSR count). The molecule has 1 unspecified atom stereocenters. The van der Waals surface area contributed by atoms with Crippen LogP contribution in [0.15, 0.2) is 36.5 Å². The Labute approximate surface area is 118 Å². The van der Waals surface area contributed by atoms with Gasteiger partial charge in [0.2, 0.25) is 0 Å². The number of hydrogen-bond acceptors (Lipinski definition) is 5. The normalized spacial score (nSPS) is 12.8. The van der Waals surface area contributed by atoms with E-state index in [2.05, 4.69) is 53.6 Å². The van der Waals surface area contributed by atoms with Crippen LogP contribution in [0.25, 0.3) is 0 Å². The van der Waals surface area contributed by atoms with Crippen molar-refractivity contribution in [2.45, 2.75) is 12.6 Å². The molecular formula is C14H20N4S. The van der Waals surface area contributed by atoms with Gasteiger partial charge in [0, 0.05) is 30.2 Å². The monoisotopic (exact) mass is 276 g/mol. The van der Waals surface area contributed by atoms with Crippen molar-refractivity contribution in [1.82, 2.24) is 15.2 Å². The summed E-state index contributed by atoms with van der Waals surface area (Å²) >= 11 is 1.53. The summed E-state index contributed by atoms with van der Waals surface area (Å²) in [4.78, 5) is 7.45. The minimum Gasteiger partial charge on any atom is -0.375 e. The molecule has 0 amide bonds. The molecule has 1 aromatic carbocycles. The van der Waals surface area contributed by atoms with Crippen LogP contribution in [0, 0.1) is 0 Å². The second-order valence-electron chi connectivity index (χ2n) is 4.69. The summed E-state index contributed by atoms with van der Waals surface area (Å²) in [6.45, 7) is 1.71. The molecule has 102 valence electrons. The molecular weight excluding hydrogens is 256 g/mol. The molecule has 0 aliphatic rings. The van der Waals surface area contributed by atoms with E-state index in [9.17, 15) is 0 Å². The zero-order valence-corrected chi connectivity index (χ0v) is 12.2. The third-order valence-corrected chi connectivity index (χ3v) is 3.84. The number of aromatic nitrogens is 1. The molecule has 0 aliphatic heterocycles. The summed E-state index contributed by atoms with van der Waals surface area (Å²) in [5.41, 5.74) is 6.94. The molecule has 5 heteroatoms. The van der Waals surface area contributed by atoms with Gasteiger partial charge in [0.25, 0.3) is 0 Å². The Hall–Kier alpha value is -1.43. The molecule has 2 aromatic rings. The molecule has 0 radical (unpaired) electrons. The van der Waals surface area contributed by atoms with Gasteiger partial charge in [0.05, 0.1) is 0 Å². The molecule has 1 aromatic heterocycles. The maximum Gasteiger partial charge on any atom is 0.180 e. The first-order valence-electron chi connectivity index (χ1n) is 6.29. The van der Waals surface area contributed by atoms with E-state index < -0.39 is 0 Å². The minimum atomic E-state index is 0.367. The fourth-order valence-electron chi connectivity index (χ4n) is 2.01. The first-order chi connectivity index (χ1) is 9.16. The van der Waals surface area contributed by atoms with E-state index >= 15 is 0 Å². The highest BCUT2D eigenvalue weighted by Gasteiger charge is 2.13. The summed E-state index contributed by atoms with van der Waals surface area (Å²) in [6, 6.07) is 10.9. The van der Waals surface area contributed by atoms with E-state index in [0.29, 0.717) is 11.2 Å². The summed E-state index contributed by atoms with van der Waals surface area (Å²) in [6.07, 6.45) is 1.83. The van der Waals surface area contributed by atoms with Gasteiger partial charge in [-0.15, -0.1) is 11.3 Å². The molecule has 3 N–H and O–H groups in total. The van der Waals surface area contributed by atoms with Crippen molar-refractivity contribution in [3.05, 3.63) is 47.0 Å². The quantitative estimate of drug-likeness (QED) is 0.848. The highest BCUT2D eigenvalue weighted by atomic mass is 32.1. The van der Waals surface area contributed by atoms with E-state index in [1.54, 1.807) is 0 Å². The smallest absolute Gasteiger partial charge is 0.180 e. The Kier molecular flexibility index (Phi) is 4.90. The van der Waals surface area contributed by atoms with Gasteiger partial charge >= 0.3 is 0 Å². The largest absolute Gasteiger partial charge is 0.375 e. The van der Waals surface area contributed by atoms with Crippen LogP contribution in [-0.2, 0) is 6.54 Å². The number of nitrogens with two attached hydrogens (primary N) is 1. The molecule has 0 saturated heterocycles. The molecule has 1 atom stereocenters. The van der Waals surface area contributed by atoms with Gasteiger partial charge in [-0.3, -0.25) is 0 Å². The van der Waals surface area contributed by atoms with Crippen molar-refractivity contribution in [1.29, 1.82) is 0 Å². The van der Waals surface area contributed by atoms with E-state index in [1.807, 2.05) is 12.3 Å². The summed E-state index contributed by atoms with van der Waals surface area (Å²) in [5.74, 6) is 0. The first kappa shape index (κ1) is 14.0. The number of nitrogens with zero attached hydrogens (tertiary/aromatic N) is 2. The topological polar surface area (TPSA) is 54.2 Å². The molecule has 0 fully saturated rings. The Morgan fingerprint density at radius 1 is 1.32 bits per heavy atom. The fraction of sp³-hybridized carbons (Fsp3) is 0.357. The lowest BCUT2D eigenvalue weighted by molar-refractivity contribution is 0.288. The van der Waals surface area contributed by atoms with Crippen LogP contribution in [0.5, 0.6) is 0 Å². The third kappa shape index (κ3) is 4.02. The maximum absolute atomic E-state index is 5.62. The van der Waals surface area contributed by atoms with Crippen molar-refractivity contribution in [3.63, 3.8) is 0 Å². The molecule has 1 heterocycles. The van der Waals surface area contributed by atoms with Crippen molar-refractivity contribution in [3.8, 4) is 0 Å². The third-order valence-electron chi connectivity index (χ3n) is 3.02. The molecule has 19 heavy (non-hydrogen) atoms. The number of rotatable bonds is 6. The van der Waals surface area contributed by atoms with Gasteiger partial charge in [0.15, 0.2) is 5.13 Å². The summed E-state index contributed by atoms with van der Waals surface area (Å²) < 4.78 is 0. The Bertz CT molecular complexity index is 495. The summed E-state index contributed by atoms with van der Waals surface area (Å²) in [5, 5.41) is 4.10. The number of nitrogen functional groups attached to an aromatic ring is 1. The van der Waals surface area contributed by atoms with E-state index in [4.69, 9.17) is 5.73 Å². The lowest BCUT2D eigenvalue weighted by atomic mass is 10.1. The van der Waals surface area contributed by atoms with E-state index in [0.717, 1.165) is 13.1 Å². The number of anilines is 1. The van der Waals surface area contributed by atoms with Gasteiger partial charge in [0.1, 0.15) is 0 Å². The van der Waals surface area contributed by atoms with Gasteiger partial charge in [-0.1, -0.05) is 30.3 Å². The Morgan fingerprint density at radius 2 is 2.05 bits per heavy atom. The lowest BCUT2D eigenvalue weighted by Crippen LogP contribution is -2.30. The SMILES string of the molecule is CN(C)C(CNCc1cnc(N)s1)c1ccccc1. The highest BCUT2D eigenvalue weighted by molar-refractivity contribution is 7.15. The van der Waals surface area contributed by atoms with Crippen molar-refractivity contribution in [2.75, 3.05) is 26.4 Å². The molecule has 0 aliphatic carbocycles. The standard InChI is InChI=1S/C14H20N4S/c1-18(2)13(11-6-4-3-5-7-11)10-16-8-12-9-17-14(15)19-12/h3-7,9,13,16H,8,10H2,1-2H3,(H2,15,17). The van der Waals surface area contributed by atoms with Gasteiger partial charge in [-0.25, -0.2) is 4.98 Å². The highest BCUT2D eigenvalue weighted by Crippen LogP contribution is 2.18. The van der Waals surface area contributed by atoms with Crippen LogP contribution < -0.4 is 11.1 Å².